The molecule has 1 amide bonds. The number of aliphatic hydroxyl groups excluding tert-OH is 2. The molecule has 0 aromatic heterocycles. The number of hydrogen-bond acceptors (Lipinski definition) is 5. The number of esters is 1. The van der Waals surface area contributed by atoms with Crippen LogP contribution in [0, 0.1) is 0 Å². The van der Waals surface area contributed by atoms with Crippen LogP contribution in [0.4, 0.5) is 0 Å². The van der Waals surface area contributed by atoms with Gasteiger partial charge in [0.2, 0.25) is 5.91 Å². The minimum atomic E-state index is -0.671. The lowest BCUT2D eigenvalue weighted by Crippen LogP contribution is -2.45. The largest absolute Gasteiger partial charge is 0.466 e. The maximum Gasteiger partial charge on any atom is 0.305 e. The van der Waals surface area contributed by atoms with Crippen LogP contribution in [-0.4, -0.2) is 47.4 Å². The summed E-state index contributed by atoms with van der Waals surface area (Å²) in [4.78, 5) is 24.3. The van der Waals surface area contributed by atoms with Crippen LogP contribution in [0.5, 0.6) is 0 Å². The highest BCUT2D eigenvalue weighted by Crippen LogP contribution is 2.15. The number of carbonyl (C=O) groups is 2. The summed E-state index contributed by atoms with van der Waals surface area (Å²) >= 11 is 0. The van der Waals surface area contributed by atoms with Crippen molar-refractivity contribution in [2.75, 3.05) is 13.2 Å². The predicted molar refractivity (Wildman–Crippen MR) is 204 cm³/mol. The lowest BCUT2D eigenvalue weighted by molar-refractivity contribution is -0.143. The average molecular weight is 682 g/mol. The third kappa shape index (κ3) is 34.7. The zero-order valence-electron chi connectivity index (χ0n) is 32.2. The van der Waals surface area contributed by atoms with E-state index in [0.29, 0.717) is 25.9 Å². The highest BCUT2D eigenvalue weighted by Gasteiger charge is 2.20. The topological polar surface area (TPSA) is 95.9 Å². The predicted octanol–water partition coefficient (Wildman–Crippen LogP) is 11.7. The van der Waals surface area contributed by atoms with Crippen molar-refractivity contribution in [1.82, 2.24) is 5.32 Å². The van der Waals surface area contributed by atoms with Gasteiger partial charge in [-0.3, -0.25) is 9.59 Å². The van der Waals surface area contributed by atoms with Crippen molar-refractivity contribution in [2.45, 2.75) is 244 Å². The fourth-order valence-corrected chi connectivity index (χ4v) is 6.58. The van der Waals surface area contributed by atoms with E-state index in [9.17, 15) is 19.8 Å². The van der Waals surface area contributed by atoms with E-state index in [1.165, 1.54) is 141 Å². The zero-order valence-corrected chi connectivity index (χ0v) is 32.2. The Balaban J connectivity index is 3.46. The average Bonchev–Trinajstić information content (AvgIpc) is 3.08. The second kappa shape index (κ2) is 38.7. The lowest BCUT2D eigenvalue weighted by atomic mass is 10.0. The minimum absolute atomic E-state index is 0.0145. The maximum atomic E-state index is 12.3. The molecular formula is C42H83NO5. The van der Waals surface area contributed by atoms with Gasteiger partial charge >= 0.3 is 5.97 Å². The molecule has 0 bridgehead atoms. The first-order valence-electron chi connectivity index (χ1n) is 21.3. The highest BCUT2D eigenvalue weighted by atomic mass is 16.5. The number of aliphatic hydroxyl groups is 2. The molecule has 6 heteroatoms. The van der Waals surface area contributed by atoms with Gasteiger partial charge in [-0.2, -0.15) is 0 Å². The van der Waals surface area contributed by atoms with E-state index >= 15 is 0 Å². The molecule has 6 nitrogen and oxygen atoms in total. The number of hydrogen-bond donors (Lipinski definition) is 3. The number of carbonyl (C=O) groups excluding carboxylic acids is 2. The van der Waals surface area contributed by atoms with Crippen molar-refractivity contribution in [1.29, 1.82) is 0 Å². The third-order valence-corrected chi connectivity index (χ3v) is 9.91. The molecule has 0 fully saturated rings. The Morgan fingerprint density at radius 1 is 0.500 bits per heavy atom. The molecule has 0 spiro atoms. The molecule has 0 saturated heterocycles. The van der Waals surface area contributed by atoms with Crippen LogP contribution in [0.25, 0.3) is 0 Å². The van der Waals surface area contributed by atoms with E-state index in [-0.39, 0.29) is 18.5 Å². The quantitative estimate of drug-likeness (QED) is 0.0443. The van der Waals surface area contributed by atoms with Crippen LogP contribution in [-0.2, 0) is 14.3 Å². The van der Waals surface area contributed by atoms with Gasteiger partial charge in [-0.1, -0.05) is 194 Å². The Bertz CT molecular complexity index is 672. The number of unbranched alkanes of at least 4 members (excludes halogenated alkanes) is 28. The number of rotatable bonds is 39. The van der Waals surface area contributed by atoms with E-state index in [0.717, 1.165) is 57.8 Å². The molecule has 286 valence electrons. The molecule has 0 heterocycles. The molecule has 0 aliphatic carbocycles. The molecule has 2 atom stereocenters. The summed E-state index contributed by atoms with van der Waals surface area (Å²) in [6.07, 6.45) is 39.1. The molecule has 0 aromatic carbocycles. The summed E-state index contributed by atoms with van der Waals surface area (Å²) in [5.74, 6) is -0.0708. The number of ether oxygens (including phenoxy) is 1. The number of nitrogens with one attached hydrogen (secondary N) is 1. The van der Waals surface area contributed by atoms with Crippen molar-refractivity contribution in [2.24, 2.45) is 0 Å². The van der Waals surface area contributed by atoms with Gasteiger partial charge in [-0.15, -0.1) is 0 Å². The van der Waals surface area contributed by atoms with Crippen molar-refractivity contribution < 1.29 is 24.5 Å². The van der Waals surface area contributed by atoms with Crippen molar-refractivity contribution >= 4 is 11.9 Å². The zero-order chi connectivity index (χ0) is 35.2. The molecule has 3 N–H and O–H groups in total. The molecule has 2 unspecified atom stereocenters. The van der Waals surface area contributed by atoms with Crippen LogP contribution < -0.4 is 5.32 Å². The molecule has 0 aromatic rings. The Morgan fingerprint density at radius 3 is 1.27 bits per heavy atom. The molecule has 48 heavy (non-hydrogen) atoms. The maximum absolute atomic E-state index is 12.3. The van der Waals surface area contributed by atoms with E-state index in [1.807, 2.05) is 0 Å². The van der Waals surface area contributed by atoms with Crippen LogP contribution in [0.1, 0.15) is 232 Å². The van der Waals surface area contributed by atoms with Crippen molar-refractivity contribution in [3.63, 3.8) is 0 Å². The Morgan fingerprint density at radius 2 is 0.854 bits per heavy atom. The summed E-state index contributed by atoms with van der Waals surface area (Å²) in [6, 6.07) is -0.550. The van der Waals surface area contributed by atoms with E-state index < -0.39 is 12.1 Å². The van der Waals surface area contributed by atoms with Crippen molar-refractivity contribution in [3.8, 4) is 0 Å². The first-order chi connectivity index (χ1) is 23.5. The Kier molecular flexibility index (Phi) is 37.7. The first kappa shape index (κ1) is 46.9. The van der Waals surface area contributed by atoms with Crippen LogP contribution in [0.3, 0.4) is 0 Å². The second-order valence-corrected chi connectivity index (χ2v) is 14.7. The van der Waals surface area contributed by atoms with E-state index in [1.54, 1.807) is 0 Å². The van der Waals surface area contributed by atoms with E-state index in [4.69, 9.17) is 4.74 Å². The normalized spacial score (nSPS) is 12.7. The fourth-order valence-electron chi connectivity index (χ4n) is 6.58. The Hall–Kier alpha value is -1.14. The SMILES string of the molecule is CCCCCCCCCCCCCC(=O)OCCCCCCCCCCCCCC(=O)NC(CO)C(O)CCCCCCCCCCC. The number of amides is 1. The highest BCUT2D eigenvalue weighted by molar-refractivity contribution is 5.76. The van der Waals surface area contributed by atoms with Gasteiger partial charge in [0, 0.05) is 12.8 Å². The van der Waals surface area contributed by atoms with Gasteiger partial charge in [0.25, 0.3) is 0 Å². The van der Waals surface area contributed by atoms with Gasteiger partial charge in [0.1, 0.15) is 0 Å². The molecule has 0 rings (SSSR count). The summed E-state index contributed by atoms with van der Waals surface area (Å²) in [5.41, 5.74) is 0. The molecule has 0 radical (unpaired) electrons. The smallest absolute Gasteiger partial charge is 0.305 e. The summed E-state index contributed by atoms with van der Waals surface area (Å²) in [5, 5.41) is 23.0. The molecule has 0 saturated carbocycles. The monoisotopic (exact) mass is 682 g/mol. The summed E-state index contributed by atoms with van der Waals surface area (Å²) in [6.45, 7) is 4.87. The first-order valence-corrected chi connectivity index (χ1v) is 21.3. The van der Waals surface area contributed by atoms with Crippen LogP contribution >= 0.6 is 0 Å². The Labute approximate surface area is 298 Å². The van der Waals surface area contributed by atoms with Gasteiger partial charge < -0.3 is 20.3 Å². The van der Waals surface area contributed by atoms with Gasteiger partial charge in [0.05, 0.1) is 25.4 Å². The lowest BCUT2D eigenvalue weighted by Gasteiger charge is -2.22. The second-order valence-electron chi connectivity index (χ2n) is 14.7. The molecule has 0 aliphatic heterocycles. The van der Waals surface area contributed by atoms with Crippen LogP contribution in [0.2, 0.25) is 0 Å². The minimum Gasteiger partial charge on any atom is -0.466 e. The van der Waals surface area contributed by atoms with Gasteiger partial charge in [-0.05, 0) is 25.7 Å². The molecule has 0 aliphatic rings. The summed E-state index contributed by atoms with van der Waals surface area (Å²) < 4.78 is 5.42. The summed E-state index contributed by atoms with van der Waals surface area (Å²) in [7, 11) is 0. The van der Waals surface area contributed by atoms with Gasteiger partial charge in [0.15, 0.2) is 0 Å². The van der Waals surface area contributed by atoms with Gasteiger partial charge in [-0.25, -0.2) is 0 Å². The van der Waals surface area contributed by atoms with E-state index in [2.05, 4.69) is 19.2 Å². The third-order valence-electron chi connectivity index (χ3n) is 9.91. The van der Waals surface area contributed by atoms with Crippen LogP contribution in [0.15, 0.2) is 0 Å². The standard InChI is InChI=1S/C42H83NO5/c1-3-5-7-9-11-13-15-20-24-28-32-36-42(47)48-37-33-29-25-21-17-14-16-19-23-27-31-35-41(46)43-39(38-44)40(45)34-30-26-22-18-12-10-8-6-4-2/h39-40,44-45H,3-38H2,1-2H3,(H,43,46). The molecular weight excluding hydrogens is 598 g/mol. The van der Waals surface area contributed by atoms with Crippen molar-refractivity contribution in [3.05, 3.63) is 0 Å². The fraction of sp³-hybridized carbons (Fsp3) is 0.952.